The predicted molar refractivity (Wildman–Crippen MR) is 65.8 cm³/mol. The van der Waals surface area contributed by atoms with E-state index in [0.29, 0.717) is 12.2 Å². The molecular weight excluding hydrogens is 216 g/mol. The molecule has 0 aliphatic rings. The Morgan fingerprint density at radius 2 is 1.94 bits per heavy atom. The van der Waals surface area contributed by atoms with Gasteiger partial charge >= 0.3 is 5.97 Å². The van der Waals surface area contributed by atoms with Crippen molar-refractivity contribution in [1.29, 1.82) is 0 Å². The van der Waals surface area contributed by atoms with E-state index in [1.165, 1.54) is 6.08 Å². The highest BCUT2D eigenvalue weighted by Gasteiger charge is 2.04. The maximum atomic E-state index is 11.5. The van der Waals surface area contributed by atoms with Crippen LogP contribution in [0.1, 0.15) is 29.6 Å². The van der Waals surface area contributed by atoms with Crippen LogP contribution in [0.15, 0.2) is 42.5 Å². The summed E-state index contributed by atoms with van der Waals surface area (Å²) in [5.41, 5.74) is 0.577. The fraction of sp³-hybridized carbons (Fsp3) is 0.286. The van der Waals surface area contributed by atoms with E-state index in [1.54, 1.807) is 24.3 Å². The van der Waals surface area contributed by atoms with Crippen molar-refractivity contribution in [3.8, 4) is 0 Å². The number of esters is 1. The van der Waals surface area contributed by atoms with E-state index in [-0.39, 0.29) is 5.97 Å². The van der Waals surface area contributed by atoms with E-state index in [0.717, 1.165) is 25.5 Å². The number of aldehydes is 1. The van der Waals surface area contributed by atoms with Gasteiger partial charge in [-0.05, 0) is 37.5 Å². The summed E-state index contributed by atoms with van der Waals surface area (Å²) in [5, 5.41) is 0. The van der Waals surface area contributed by atoms with Gasteiger partial charge in [-0.25, -0.2) is 4.79 Å². The lowest BCUT2D eigenvalue weighted by molar-refractivity contribution is -0.104. The Labute approximate surface area is 101 Å². The summed E-state index contributed by atoms with van der Waals surface area (Å²) in [6.07, 6.45) is 6.60. The number of allylic oxidation sites excluding steroid dienone is 2. The molecule has 3 nitrogen and oxygen atoms in total. The minimum atomic E-state index is -0.283. The molecule has 0 atom stereocenters. The van der Waals surface area contributed by atoms with Crippen molar-refractivity contribution in [3.63, 3.8) is 0 Å². The topological polar surface area (TPSA) is 43.4 Å². The molecule has 0 aromatic heterocycles. The quantitative estimate of drug-likeness (QED) is 0.314. The Kier molecular flexibility index (Phi) is 6.41. The lowest BCUT2D eigenvalue weighted by Crippen LogP contribution is -2.05. The Balaban J connectivity index is 2.13. The fourth-order valence-electron chi connectivity index (χ4n) is 1.34. The molecule has 17 heavy (non-hydrogen) atoms. The van der Waals surface area contributed by atoms with Crippen LogP contribution >= 0.6 is 0 Å². The fourth-order valence-corrected chi connectivity index (χ4v) is 1.34. The Morgan fingerprint density at radius 1 is 1.18 bits per heavy atom. The molecule has 3 heteroatoms. The minimum absolute atomic E-state index is 0.283. The van der Waals surface area contributed by atoms with Crippen LogP contribution < -0.4 is 0 Å². The molecule has 0 saturated carbocycles. The number of hydrogen-bond donors (Lipinski definition) is 0. The largest absolute Gasteiger partial charge is 0.462 e. The lowest BCUT2D eigenvalue weighted by Gasteiger charge is -2.03. The van der Waals surface area contributed by atoms with Gasteiger partial charge in [0.2, 0.25) is 0 Å². The first-order valence-corrected chi connectivity index (χ1v) is 5.67. The second-order valence-electron chi connectivity index (χ2n) is 3.56. The van der Waals surface area contributed by atoms with Gasteiger partial charge in [-0.3, -0.25) is 4.79 Å². The second-order valence-corrected chi connectivity index (χ2v) is 3.56. The van der Waals surface area contributed by atoms with E-state index in [1.807, 2.05) is 12.1 Å². The molecule has 0 radical (unpaired) electrons. The van der Waals surface area contributed by atoms with Gasteiger partial charge in [-0.2, -0.15) is 0 Å². The van der Waals surface area contributed by atoms with Crippen LogP contribution in [0.5, 0.6) is 0 Å². The molecule has 0 saturated heterocycles. The first-order valence-electron chi connectivity index (χ1n) is 5.67. The van der Waals surface area contributed by atoms with Crippen molar-refractivity contribution < 1.29 is 14.3 Å². The third-order valence-corrected chi connectivity index (χ3v) is 2.22. The van der Waals surface area contributed by atoms with Crippen LogP contribution in [0.3, 0.4) is 0 Å². The highest BCUT2D eigenvalue weighted by Crippen LogP contribution is 2.03. The molecule has 0 unspecified atom stereocenters. The van der Waals surface area contributed by atoms with Crippen molar-refractivity contribution >= 4 is 12.3 Å². The standard InChI is InChI=1S/C14H16O3/c15-11-7-2-1-3-8-12-17-14(16)13-9-5-4-6-10-13/h2,4-7,9-11H,1,3,8,12H2/b7-2-. The van der Waals surface area contributed by atoms with Crippen LogP contribution in [0, 0.1) is 0 Å². The van der Waals surface area contributed by atoms with Crippen molar-refractivity contribution in [2.24, 2.45) is 0 Å². The second kappa shape index (κ2) is 8.28. The van der Waals surface area contributed by atoms with Crippen LogP contribution in [0.25, 0.3) is 0 Å². The van der Waals surface area contributed by atoms with Gasteiger partial charge in [0.15, 0.2) is 0 Å². The van der Waals surface area contributed by atoms with E-state index in [2.05, 4.69) is 0 Å². The van der Waals surface area contributed by atoms with E-state index in [9.17, 15) is 9.59 Å². The molecule has 1 aromatic rings. The highest BCUT2D eigenvalue weighted by atomic mass is 16.5. The maximum absolute atomic E-state index is 11.5. The third-order valence-electron chi connectivity index (χ3n) is 2.22. The number of carbonyl (C=O) groups is 2. The number of ether oxygens (including phenoxy) is 1. The normalized spacial score (nSPS) is 10.4. The third kappa shape index (κ3) is 5.66. The summed E-state index contributed by atoms with van der Waals surface area (Å²) in [4.78, 5) is 21.5. The summed E-state index contributed by atoms with van der Waals surface area (Å²) in [6.45, 7) is 0.419. The number of rotatable bonds is 7. The molecule has 0 aliphatic carbocycles. The average Bonchev–Trinajstić information content (AvgIpc) is 2.38. The molecule has 0 bridgehead atoms. The maximum Gasteiger partial charge on any atom is 0.338 e. The van der Waals surface area contributed by atoms with Crippen LogP contribution in [-0.2, 0) is 9.53 Å². The molecular formula is C14H16O3. The molecule has 0 amide bonds. The van der Waals surface area contributed by atoms with Gasteiger partial charge in [-0.15, -0.1) is 0 Å². The molecule has 0 heterocycles. The van der Waals surface area contributed by atoms with Gasteiger partial charge in [0, 0.05) is 0 Å². The van der Waals surface area contributed by atoms with E-state index < -0.39 is 0 Å². The SMILES string of the molecule is O=C/C=C\CCCCOC(=O)c1ccccc1. The zero-order valence-electron chi connectivity index (χ0n) is 9.67. The zero-order valence-corrected chi connectivity index (χ0v) is 9.67. The molecule has 90 valence electrons. The molecule has 1 rings (SSSR count). The van der Waals surface area contributed by atoms with Crippen LogP contribution in [-0.4, -0.2) is 18.9 Å². The molecule has 0 aliphatic heterocycles. The Hall–Kier alpha value is -1.90. The summed E-state index contributed by atoms with van der Waals surface area (Å²) in [7, 11) is 0. The molecule has 1 aromatic carbocycles. The van der Waals surface area contributed by atoms with Gasteiger partial charge in [0.1, 0.15) is 6.29 Å². The highest BCUT2D eigenvalue weighted by molar-refractivity contribution is 5.89. The number of carbonyl (C=O) groups excluding carboxylic acids is 2. The van der Waals surface area contributed by atoms with Gasteiger partial charge in [-0.1, -0.05) is 24.3 Å². The summed E-state index contributed by atoms with van der Waals surface area (Å²) < 4.78 is 5.10. The van der Waals surface area contributed by atoms with Crippen molar-refractivity contribution in [1.82, 2.24) is 0 Å². The first-order chi connectivity index (χ1) is 8.34. The first kappa shape index (κ1) is 13.2. The number of hydrogen-bond acceptors (Lipinski definition) is 3. The molecule has 0 N–H and O–H groups in total. The molecule has 0 spiro atoms. The zero-order chi connectivity index (χ0) is 12.3. The van der Waals surface area contributed by atoms with Crippen LogP contribution in [0.2, 0.25) is 0 Å². The summed E-state index contributed by atoms with van der Waals surface area (Å²) in [5.74, 6) is -0.283. The Morgan fingerprint density at radius 3 is 2.65 bits per heavy atom. The van der Waals surface area contributed by atoms with Crippen molar-refractivity contribution in [2.75, 3.05) is 6.61 Å². The predicted octanol–water partition coefficient (Wildman–Crippen LogP) is 2.77. The summed E-state index contributed by atoms with van der Waals surface area (Å²) in [6, 6.07) is 8.93. The lowest BCUT2D eigenvalue weighted by atomic mass is 10.2. The van der Waals surface area contributed by atoms with Gasteiger partial charge < -0.3 is 4.74 Å². The average molecular weight is 232 g/mol. The Bertz CT molecular complexity index is 368. The van der Waals surface area contributed by atoms with Gasteiger partial charge in [0.25, 0.3) is 0 Å². The van der Waals surface area contributed by atoms with Crippen LogP contribution in [0.4, 0.5) is 0 Å². The van der Waals surface area contributed by atoms with Crippen molar-refractivity contribution in [3.05, 3.63) is 48.0 Å². The van der Waals surface area contributed by atoms with E-state index in [4.69, 9.17) is 4.74 Å². The van der Waals surface area contributed by atoms with E-state index >= 15 is 0 Å². The summed E-state index contributed by atoms with van der Waals surface area (Å²) >= 11 is 0. The minimum Gasteiger partial charge on any atom is -0.462 e. The van der Waals surface area contributed by atoms with Crippen molar-refractivity contribution in [2.45, 2.75) is 19.3 Å². The number of benzene rings is 1. The number of unbranched alkanes of at least 4 members (excludes halogenated alkanes) is 2. The van der Waals surface area contributed by atoms with Gasteiger partial charge in [0.05, 0.1) is 12.2 Å². The monoisotopic (exact) mass is 232 g/mol. The smallest absolute Gasteiger partial charge is 0.338 e. The molecule has 0 fully saturated rings.